The Morgan fingerprint density at radius 2 is 1.70 bits per heavy atom. The fraction of sp³-hybridized carbons (Fsp3) is 0.235. The third kappa shape index (κ3) is 5.32. The smallest absolute Gasteiger partial charge is 0.406 e. The minimum Gasteiger partial charge on any atom is -0.406 e. The van der Waals surface area contributed by atoms with E-state index in [-0.39, 0.29) is 23.1 Å². The fourth-order valence-corrected chi connectivity index (χ4v) is 2.06. The van der Waals surface area contributed by atoms with Gasteiger partial charge in [0.1, 0.15) is 5.75 Å². The van der Waals surface area contributed by atoms with Gasteiger partial charge in [0.25, 0.3) is 5.91 Å². The third-order valence-electron chi connectivity index (χ3n) is 3.29. The average molecular weight is 323 g/mol. The molecule has 0 aliphatic heterocycles. The number of nitrogens with one attached hydrogen (secondary N) is 1. The predicted molar refractivity (Wildman–Crippen MR) is 80.3 cm³/mol. The number of amides is 1. The Kier molecular flexibility index (Phi) is 5.26. The van der Waals surface area contributed by atoms with Crippen molar-refractivity contribution in [2.24, 2.45) is 0 Å². The zero-order valence-electron chi connectivity index (χ0n) is 12.4. The lowest BCUT2D eigenvalue weighted by atomic mass is 10.0. The van der Waals surface area contributed by atoms with Gasteiger partial charge in [0, 0.05) is 12.1 Å². The maximum absolute atomic E-state index is 12.1. The Hall–Kier alpha value is -2.50. The number of carbonyl (C=O) groups is 1. The van der Waals surface area contributed by atoms with Crippen LogP contribution in [-0.4, -0.2) is 18.8 Å². The molecule has 0 aliphatic rings. The number of hydrogen-bond donors (Lipinski definition) is 1. The molecule has 6 heteroatoms. The Morgan fingerprint density at radius 3 is 2.26 bits per heavy atom. The molecule has 0 saturated carbocycles. The van der Waals surface area contributed by atoms with Gasteiger partial charge in [-0.1, -0.05) is 37.3 Å². The van der Waals surface area contributed by atoms with E-state index in [0.29, 0.717) is 6.54 Å². The quantitative estimate of drug-likeness (QED) is 0.899. The molecule has 0 unspecified atom stereocenters. The van der Waals surface area contributed by atoms with E-state index in [1.54, 1.807) is 0 Å². The topological polar surface area (TPSA) is 38.3 Å². The van der Waals surface area contributed by atoms with Crippen LogP contribution in [-0.2, 0) is 0 Å². The lowest BCUT2D eigenvalue weighted by molar-refractivity contribution is -0.274. The maximum atomic E-state index is 12.1. The van der Waals surface area contributed by atoms with Gasteiger partial charge in [-0.2, -0.15) is 0 Å². The molecular formula is C17H16F3NO2. The fourth-order valence-electron chi connectivity index (χ4n) is 2.06. The minimum atomic E-state index is -4.74. The molecule has 2 aromatic carbocycles. The molecule has 3 nitrogen and oxygen atoms in total. The first kappa shape index (κ1) is 16.9. The lowest BCUT2D eigenvalue weighted by Gasteiger charge is -2.13. The van der Waals surface area contributed by atoms with Crippen molar-refractivity contribution in [2.45, 2.75) is 19.2 Å². The van der Waals surface area contributed by atoms with Crippen molar-refractivity contribution < 1.29 is 22.7 Å². The second kappa shape index (κ2) is 7.17. The van der Waals surface area contributed by atoms with Crippen LogP contribution in [0.1, 0.15) is 28.8 Å². The molecule has 0 spiro atoms. The summed E-state index contributed by atoms with van der Waals surface area (Å²) in [5, 5.41) is 2.76. The van der Waals surface area contributed by atoms with Crippen molar-refractivity contribution in [3.8, 4) is 5.75 Å². The van der Waals surface area contributed by atoms with Crippen LogP contribution in [0.15, 0.2) is 54.6 Å². The van der Waals surface area contributed by atoms with E-state index in [1.165, 1.54) is 12.1 Å². The first-order valence-corrected chi connectivity index (χ1v) is 7.04. The summed E-state index contributed by atoms with van der Waals surface area (Å²) in [7, 11) is 0. The van der Waals surface area contributed by atoms with Gasteiger partial charge < -0.3 is 10.1 Å². The second-order valence-electron chi connectivity index (χ2n) is 5.09. The van der Waals surface area contributed by atoms with Gasteiger partial charge in [-0.25, -0.2) is 0 Å². The molecule has 0 fully saturated rings. The van der Waals surface area contributed by atoms with Gasteiger partial charge in [0.05, 0.1) is 0 Å². The number of alkyl halides is 3. The summed E-state index contributed by atoms with van der Waals surface area (Å²) in [6, 6.07) is 14.5. The monoisotopic (exact) mass is 323 g/mol. The number of rotatable bonds is 5. The van der Waals surface area contributed by atoms with Crippen molar-refractivity contribution in [1.29, 1.82) is 0 Å². The summed E-state index contributed by atoms with van der Waals surface area (Å²) in [5.74, 6) is -0.564. The molecule has 0 heterocycles. The van der Waals surface area contributed by atoms with Gasteiger partial charge in [-0.3, -0.25) is 4.79 Å². The van der Waals surface area contributed by atoms with Crippen LogP contribution in [0.3, 0.4) is 0 Å². The normalized spacial score (nSPS) is 12.5. The van der Waals surface area contributed by atoms with E-state index < -0.39 is 6.36 Å². The first-order chi connectivity index (χ1) is 10.8. The number of ether oxygens (including phenoxy) is 1. The van der Waals surface area contributed by atoms with Crippen LogP contribution in [0, 0.1) is 0 Å². The molecular weight excluding hydrogens is 307 g/mol. The average Bonchev–Trinajstić information content (AvgIpc) is 2.52. The van der Waals surface area contributed by atoms with Gasteiger partial charge in [0.2, 0.25) is 0 Å². The molecule has 0 radical (unpaired) electrons. The summed E-state index contributed by atoms with van der Waals surface area (Å²) in [6.45, 7) is 2.42. The van der Waals surface area contributed by atoms with Crippen LogP contribution in [0.25, 0.3) is 0 Å². The van der Waals surface area contributed by atoms with Crippen LogP contribution < -0.4 is 10.1 Å². The number of carbonyl (C=O) groups excluding carboxylic acids is 1. The van der Waals surface area contributed by atoms with E-state index in [0.717, 1.165) is 17.7 Å². The first-order valence-electron chi connectivity index (χ1n) is 7.04. The van der Waals surface area contributed by atoms with Crippen molar-refractivity contribution in [1.82, 2.24) is 5.32 Å². The number of benzene rings is 2. The summed E-state index contributed by atoms with van der Waals surface area (Å²) in [6.07, 6.45) is -4.74. The molecule has 1 atom stereocenters. The molecule has 2 aromatic rings. The zero-order chi connectivity index (χ0) is 16.9. The highest BCUT2D eigenvalue weighted by Gasteiger charge is 2.31. The lowest BCUT2D eigenvalue weighted by Crippen LogP contribution is -2.27. The summed E-state index contributed by atoms with van der Waals surface area (Å²) in [4.78, 5) is 12.0. The summed E-state index contributed by atoms with van der Waals surface area (Å²) in [5.41, 5.74) is 1.38. The molecule has 23 heavy (non-hydrogen) atoms. The highest BCUT2D eigenvalue weighted by Crippen LogP contribution is 2.22. The van der Waals surface area contributed by atoms with E-state index in [2.05, 4.69) is 10.1 Å². The van der Waals surface area contributed by atoms with Gasteiger partial charge in [-0.05, 0) is 35.7 Å². The molecule has 1 N–H and O–H groups in total. The van der Waals surface area contributed by atoms with Crippen molar-refractivity contribution in [3.05, 3.63) is 65.7 Å². The van der Waals surface area contributed by atoms with Crippen LogP contribution in [0.2, 0.25) is 0 Å². The van der Waals surface area contributed by atoms with Crippen LogP contribution >= 0.6 is 0 Å². The Labute approximate surface area is 132 Å². The SMILES string of the molecule is C[C@H](CNC(=O)c1ccc(OC(F)(F)F)cc1)c1ccccc1. The molecule has 0 aromatic heterocycles. The Bertz CT molecular complexity index is 639. The second-order valence-corrected chi connectivity index (χ2v) is 5.09. The third-order valence-corrected chi connectivity index (χ3v) is 3.29. The van der Waals surface area contributed by atoms with E-state index in [1.807, 2.05) is 37.3 Å². The van der Waals surface area contributed by atoms with Crippen molar-refractivity contribution in [2.75, 3.05) is 6.54 Å². The maximum Gasteiger partial charge on any atom is 0.573 e. The number of halogens is 3. The summed E-state index contributed by atoms with van der Waals surface area (Å²) < 4.78 is 40.0. The highest BCUT2D eigenvalue weighted by molar-refractivity contribution is 5.94. The standard InChI is InChI=1S/C17H16F3NO2/c1-12(13-5-3-2-4-6-13)11-21-16(22)14-7-9-15(10-8-14)23-17(18,19)20/h2-10,12H,11H2,1H3,(H,21,22)/t12-/m1/s1. The van der Waals surface area contributed by atoms with E-state index >= 15 is 0 Å². The molecule has 0 bridgehead atoms. The Morgan fingerprint density at radius 1 is 1.09 bits per heavy atom. The largest absolute Gasteiger partial charge is 0.573 e. The van der Waals surface area contributed by atoms with Crippen molar-refractivity contribution >= 4 is 5.91 Å². The van der Waals surface area contributed by atoms with E-state index in [9.17, 15) is 18.0 Å². The van der Waals surface area contributed by atoms with Crippen molar-refractivity contribution in [3.63, 3.8) is 0 Å². The molecule has 0 saturated heterocycles. The molecule has 2 rings (SSSR count). The molecule has 0 aliphatic carbocycles. The van der Waals surface area contributed by atoms with Gasteiger partial charge in [-0.15, -0.1) is 13.2 Å². The van der Waals surface area contributed by atoms with Crippen LogP contribution in [0.5, 0.6) is 5.75 Å². The highest BCUT2D eigenvalue weighted by atomic mass is 19.4. The van der Waals surface area contributed by atoms with Crippen LogP contribution in [0.4, 0.5) is 13.2 Å². The van der Waals surface area contributed by atoms with Gasteiger partial charge >= 0.3 is 6.36 Å². The predicted octanol–water partition coefficient (Wildman–Crippen LogP) is 4.12. The molecule has 122 valence electrons. The summed E-state index contributed by atoms with van der Waals surface area (Å²) >= 11 is 0. The minimum absolute atomic E-state index is 0.132. The van der Waals surface area contributed by atoms with Gasteiger partial charge in [0.15, 0.2) is 0 Å². The number of hydrogen-bond acceptors (Lipinski definition) is 2. The van der Waals surface area contributed by atoms with E-state index in [4.69, 9.17) is 0 Å². The molecule has 1 amide bonds. The Balaban J connectivity index is 1.91. The zero-order valence-corrected chi connectivity index (χ0v) is 12.4.